The smallest absolute Gasteiger partial charge is 0.156 e. The van der Waals surface area contributed by atoms with Crippen LogP contribution in [0.15, 0.2) is 67.4 Å². The number of hydrogen-bond donors (Lipinski definition) is 0. The third-order valence-electron chi connectivity index (χ3n) is 5.14. The van der Waals surface area contributed by atoms with Gasteiger partial charge in [0, 0.05) is 61.1 Å². The molecule has 1 unspecified atom stereocenters. The average molecular weight is 356 g/mol. The number of pyridine rings is 3. The number of rotatable bonds is 4. The summed E-state index contributed by atoms with van der Waals surface area (Å²) in [5, 5.41) is 4.77. The Morgan fingerprint density at radius 1 is 0.963 bits per heavy atom. The minimum atomic E-state index is 0.383. The van der Waals surface area contributed by atoms with E-state index in [2.05, 4.69) is 39.1 Å². The molecule has 5 rings (SSSR count). The summed E-state index contributed by atoms with van der Waals surface area (Å²) in [6.45, 7) is 3.02. The maximum Gasteiger partial charge on any atom is 0.156 e. The van der Waals surface area contributed by atoms with Crippen LogP contribution in [0.1, 0.15) is 23.7 Å². The van der Waals surface area contributed by atoms with Gasteiger partial charge in [-0.15, -0.1) is 0 Å². The summed E-state index contributed by atoms with van der Waals surface area (Å²) in [4.78, 5) is 15.5. The maximum atomic E-state index is 4.77. The van der Waals surface area contributed by atoms with E-state index in [1.165, 1.54) is 5.56 Å². The molecule has 0 aromatic carbocycles. The normalized spacial score (nSPS) is 17.6. The average Bonchev–Trinajstić information content (AvgIpc) is 3.35. The Kier molecular flexibility index (Phi) is 4.10. The van der Waals surface area contributed by atoms with E-state index in [1.807, 2.05) is 41.4 Å². The molecule has 4 aromatic heterocycles. The monoisotopic (exact) mass is 356 g/mol. The van der Waals surface area contributed by atoms with Gasteiger partial charge in [-0.2, -0.15) is 5.10 Å². The minimum Gasteiger partial charge on any atom is -0.298 e. The van der Waals surface area contributed by atoms with Gasteiger partial charge in [-0.3, -0.25) is 14.9 Å². The molecule has 134 valence electrons. The van der Waals surface area contributed by atoms with Crippen molar-refractivity contribution < 1.29 is 0 Å². The van der Waals surface area contributed by atoms with E-state index in [-0.39, 0.29) is 0 Å². The van der Waals surface area contributed by atoms with Gasteiger partial charge in [0.05, 0.1) is 0 Å². The van der Waals surface area contributed by atoms with Crippen LogP contribution in [-0.4, -0.2) is 42.6 Å². The molecule has 0 N–H and O–H groups in total. The summed E-state index contributed by atoms with van der Waals surface area (Å²) in [6.07, 6.45) is 10.5. The first-order valence-electron chi connectivity index (χ1n) is 9.23. The molecule has 1 saturated heterocycles. The Labute approximate surface area is 157 Å². The van der Waals surface area contributed by atoms with Crippen LogP contribution < -0.4 is 0 Å². The lowest BCUT2D eigenvalue weighted by Gasteiger charge is -2.14. The minimum absolute atomic E-state index is 0.383. The van der Waals surface area contributed by atoms with E-state index in [0.29, 0.717) is 5.92 Å². The van der Waals surface area contributed by atoms with Crippen molar-refractivity contribution in [1.82, 2.24) is 29.5 Å². The zero-order valence-corrected chi connectivity index (χ0v) is 14.9. The zero-order valence-electron chi connectivity index (χ0n) is 14.9. The van der Waals surface area contributed by atoms with Gasteiger partial charge in [0.1, 0.15) is 0 Å². The van der Waals surface area contributed by atoms with Crippen LogP contribution in [0, 0.1) is 0 Å². The van der Waals surface area contributed by atoms with Crippen LogP contribution in [0.4, 0.5) is 0 Å². The van der Waals surface area contributed by atoms with Crippen molar-refractivity contribution in [2.45, 2.75) is 18.9 Å². The third kappa shape index (κ3) is 3.31. The van der Waals surface area contributed by atoms with Crippen molar-refractivity contribution in [3.05, 3.63) is 78.8 Å². The lowest BCUT2D eigenvalue weighted by atomic mass is 10.1. The fraction of sp³-hybridized carbons (Fsp3) is 0.238. The van der Waals surface area contributed by atoms with Crippen LogP contribution in [0.2, 0.25) is 0 Å². The Balaban J connectivity index is 1.35. The second kappa shape index (κ2) is 6.89. The Bertz CT molecular complexity index is 1040. The second-order valence-electron chi connectivity index (χ2n) is 7.01. The molecular weight excluding hydrogens is 336 g/mol. The summed E-state index contributed by atoms with van der Waals surface area (Å²) in [5.41, 5.74) is 4.37. The first-order chi connectivity index (χ1) is 13.3. The SMILES string of the molecule is c1cncc(-c2ccc3nc(C4CCN(Cc5ccncc5)C4)nn3c2)c1. The van der Waals surface area contributed by atoms with Gasteiger partial charge in [-0.25, -0.2) is 9.50 Å². The van der Waals surface area contributed by atoms with Gasteiger partial charge in [0.25, 0.3) is 0 Å². The number of aromatic nitrogens is 5. The number of fused-ring (bicyclic) bond motifs is 1. The van der Waals surface area contributed by atoms with Crippen LogP contribution in [0.3, 0.4) is 0 Å². The van der Waals surface area contributed by atoms with Gasteiger partial charge in [0.15, 0.2) is 11.5 Å². The van der Waals surface area contributed by atoms with Crippen molar-refractivity contribution >= 4 is 5.65 Å². The Morgan fingerprint density at radius 2 is 1.89 bits per heavy atom. The highest BCUT2D eigenvalue weighted by atomic mass is 15.3. The highest BCUT2D eigenvalue weighted by Crippen LogP contribution is 2.27. The summed E-state index contributed by atoms with van der Waals surface area (Å²) < 4.78 is 1.89. The van der Waals surface area contributed by atoms with E-state index in [0.717, 1.165) is 48.7 Å². The number of nitrogens with zero attached hydrogens (tertiary/aromatic N) is 6. The summed E-state index contributed by atoms with van der Waals surface area (Å²) in [6, 6.07) is 12.3. The molecule has 1 atom stereocenters. The maximum absolute atomic E-state index is 4.77. The number of likely N-dealkylation sites (tertiary alicyclic amines) is 1. The lowest BCUT2D eigenvalue weighted by molar-refractivity contribution is 0.325. The molecule has 1 aliphatic heterocycles. The summed E-state index contributed by atoms with van der Waals surface area (Å²) in [5.74, 6) is 1.32. The van der Waals surface area contributed by atoms with E-state index in [4.69, 9.17) is 10.1 Å². The molecule has 5 heterocycles. The fourth-order valence-corrected chi connectivity index (χ4v) is 3.71. The summed E-state index contributed by atoms with van der Waals surface area (Å²) >= 11 is 0. The van der Waals surface area contributed by atoms with Gasteiger partial charge in [0.2, 0.25) is 0 Å². The van der Waals surface area contributed by atoms with Gasteiger partial charge in [-0.1, -0.05) is 6.07 Å². The predicted molar refractivity (Wildman–Crippen MR) is 103 cm³/mol. The molecule has 0 aliphatic carbocycles. The quantitative estimate of drug-likeness (QED) is 0.562. The first-order valence-corrected chi connectivity index (χ1v) is 9.23. The molecule has 6 heteroatoms. The van der Waals surface area contributed by atoms with E-state index in [1.54, 1.807) is 6.20 Å². The zero-order chi connectivity index (χ0) is 18.1. The molecule has 0 bridgehead atoms. The van der Waals surface area contributed by atoms with Crippen molar-refractivity contribution in [2.75, 3.05) is 13.1 Å². The molecule has 6 nitrogen and oxygen atoms in total. The van der Waals surface area contributed by atoms with Crippen molar-refractivity contribution in [3.8, 4) is 11.1 Å². The standard InChI is InChI=1S/C21H20N6/c1-2-17(12-23-8-1)18-3-4-20-24-21(25-27(20)15-18)19-7-11-26(14-19)13-16-5-9-22-10-6-16/h1-6,8-10,12,15,19H,7,11,13-14H2. The van der Waals surface area contributed by atoms with Crippen LogP contribution in [-0.2, 0) is 6.54 Å². The molecule has 27 heavy (non-hydrogen) atoms. The van der Waals surface area contributed by atoms with E-state index in [9.17, 15) is 0 Å². The van der Waals surface area contributed by atoms with Crippen molar-refractivity contribution in [3.63, 3.8) is 0 Å². The molecule has 4 aromatic rings. The highest BCUT2D eigenvalue weighted by molar-refractivity contribution is 5.63. The molecule has 1 fully saturated rings. The second-order valence-corrected chi connectivity index (χ2v) is 7.01. The van der Waals surface area contributed by atoms with Crippen molar-refractivity contribution in [2.24, 2.45) is 0 Å². The number of hydrogen-bond acceptors (Lipinski definition) is 5. The van der Waals surface area contributed by atoms with Gasteiger partial charge in [-0.05, 0) is 48.9 Å². The van der Waals surface area contributed by atoms with Crippen LogP contribution in [0.5, 0.6) is 0 Å². The van der Waals surface area contributed by atoms with Gasteiger partial charge < -0.3 is 0 Å². The highest BCUT2D eigenvalue weighted by Gasteiger charge is 2.27. The Morgan fingerprint density at radius 3 is 2.74 bits per heavy atom. The van der Waals surface area contributed by atoms with E-state index >= 15 is 0 Å². The fourth-order valence-electron chi connectivity index (χ4n) is 3.71. The largest absolute Gasteiger partial charge is 0.298 e. The Hall–Kier alpha value is -3.12. The van der Waals surface area contributed by atoms with Crippen LogP contribution in [0.25, 0.3) is 16.8 Å². The third-order valence-corrected chi connectivity index (χ3v) is 5.14. The lowest BCUT2D eigenvalue weighted by Crippen LogP contribution is -2.20. The van der Waals surface area contributed by atoms with E-state index < -0.39 is 0 Å². The molecule has 0 spiro atoms. The molecule has 0 amide bonds. The predicted octanol–water partition coefficient (Wildman–Crippen LogP) is 3.18. The summed E-state index contributed by atoms with van der Waals surface area (Å²) in [7, 11) is 0. The van der Waals surface area contributed by atoms with Crippen LogP contribution >= 0.6 is 0 Å². The molecule has 0 saturated carbocycles. The van der Waals surface area contributed by atoms with Crippen molar-refractivity contribution in [1.29, 1.82) is 0 Å². The first kappa shape index (κ1) is 16.1. The molecular formula is C21H20N6. The molecule has 1 aliphatic rings. The molecule has 0 radical (unpaired) electrons. The van der Waals surface area contributed by atoms with Gasteiger partial charge >= 0.3 is 0 Å². The topological polar surface area (TPSA) is 59.2 Å².